The minimum absolute atomic E-state index is 0.0711. The minimum Gasteiger partial charge on any atom is -0.396 e. The molecule has 0 spiro atoms. The number of nitro groups is 1. The Hall–Kier alpha value is -9.04. The van der Waals surface area contributed by atoms with Crippen molar-refractivity contribution in [3.05, 3.63) is 187 Å². The van der Waals surface area contributed by atoms with E-state index < -0.39 is 4.92 Å². The van der Waals surface area contributed by atoms with E-state index in [2.05, 4.69) is 173 Å². The number of nitrogen functional groups attached to an aromatic ring is 3. The molecule has 0 bridgehead atoms. The number of aryl methyl sites for hydroxylation is 2. The van der Waals surface area contributed by atoms with Crippen molar-refractivity contribution in [1.82, 2.24) is 68.9 Å². The molecule has 0 aliphatic rings. The van der Waals surface area contributed by atoms with Gasteiger partial charge < -0.3 is 36.3 Å². The van der Waals surface area contributed by atoms with Gasteiger partial charge in [0.15, 0.2) is 22.6 Å². The molecular formula is C49H42Br4N18O6. The van der Waals surface area contributed by atoms with Crippen LogP contribution in [0.3, 0.4) is 0 Å². The van der Waals surface area contributed by atoms with E-state index in [9.17, 15) is 10.1 Å². The van der Waals surface area contributed by atoms with Gasteiger partial charge in [-0.3, -0.25) is 10.1 Å². The van der Waals surface area contributed by atoms with Gasteiger partial charge in [0.05, 0.1) is 58.0 Å². The second-order valence-corrected chi connectivity index (χ2v) is 18.4. The second-order valence-electron chi connectivity index (χ2n) is 14.7. The number of fused-ring (bicyclic) bond motifs is 4. The summed E-state index contributed by atoms with van der Waals surface area (Å²) in [5.41, 5.74) is 26.8. The summed E-state index contributed by atoms with van der Waals surface area (Å²) in [7, 11) is 3.93. The Bertz CT molecular complexity index is 3770. The first-order valence-electron chi connectivity index (χ1n) is 21.5. The molecule has 0 aliphatic heterocycles. The van der Waals surface area contributed by atoms with Crippen LogP contribution < -0.4 is 17.2 Å². The zero-order chi connectivity index (χ0) is 56.3. The summed E-state index contributed by atoms with van der Waals surface area (Å²) in [6.07, 6.45) is 24.3. The highest BCUT2D eigenvalue weighted by atomic mass is 79.9. The maximum atomic E-state index is 10.2. The molecule has 0 aliphatic carbocycles. The third-order valence-electron chi connectivity index (χ3n) is 9.40. The highest BCUT2D eigenvalue weighted by Gasteiger charge is 2.12. The van der Waals surface area contributed by atoms with Crippen LogP contribution in [0.15, 0.2) is 160 Å². The Labute approximate surface area is 470 Å². The molecule has 28 heteroatoms. The number of benzene rings is 1. The molecule has 0 radical (unpaired) electrons. The number of allylic oxidation sites excluding steroid dienone is 1. The lowest BCUT2D eigenvalue weighted by Gasteiger charge is -1.97. The topological polar surface area (TPSA) is 360 Å². The van der Waals surface area contributed by atoms with Gasteiger partial charge in [0.1, 0.15) is 5.82 Å². The van der Waals surface area contributed by atoms with E-state index in [0.717, 1.165) is 75.6 Å². The molecule has 1 aromatic carbocycles. The fraction of sp³-hybridized carbons (Fsp3) is 0.0612. The summed E-state index contributed by atoms with van der Waals surface area (Å²) in [6.45, 7) is 3.65. The number of nitrogens with two attached hydrogens (primary N) is 3. The first-order valence-corrected chi connectivity index (χ1v) is 24.6. The smallest absolute Gasteiger partial charge is 0.373 e. The lowest BCUT2D eigenvalue weighted by Crippen LogP contribution is -1.97. The highest BCUT2D eigenvalue weighted by Crippen LogP contribution is 2.22. The second kappa shape index (κ2) is 31.6. The first kappa shape index (κ1) is 60.5. The molecule has 0 unspecified atom stereocenters. The van der Waals surface area contributed by atoms with Gasteiger partial charge in [0.25, 0.3) is 0 Å². The lowest BCUT2D eigenvalue weighted by molar-refractivity contribution is -0.384. The van der Waals surface area contributed by atoms with Crippen LogP contribution >= 0.6 is 63.7 Å². The molecule has 77 heavy (non-hydrogen) atoms. The SMILES string of the molecule is Brc1cnc2nc[nH]c2c1.C=Cc1cnc2nc[nH]c2c1.Cn1cnc2ncc(/C=C/Cc3ccccc3)cc21.Cn1cnc2ncc(Br)cc21.Nc1cc(Br)cnc1N.Nc1ncc(Br)cc1[N+](=O)[O-].O=C=O.O=C=O. The number of imidazole rings is 4. The average molecular weight is 1300 g/mol. The number of nitrogens with one attached hydrogen (secondary N) is 2. The fourth-order valence-electron chi connectivity index (χ4n) is 5.86. The first-order chi connectivity index (χ1) is 37.0. The Morgan fingerprint density at radius 1 is 0.597 bits per heavy atom. The van der Waals surface area contributed by atoms with Crippen LogP contribution in [0.4, 0.5) is 23.0 Å². The zero-order valence-electron chi connectivity index (χ0n) is 40.3. The lowest BCUT2D eigenvalue weighted by atomic mass is 10.1. The van der Waals surface area contributed by atoms with Crippen LogP contribution in [-0.4, -0.2) is 86.2 Å². The summed E-state index contributed by atoms with van der Waals surface area (Å²) in [6, 6.07) is 21.4. The van der Waals surface area contributed by atoms with Crippen LogP contribution in [0.5, 0.6) is 0 Å². The van der Waals surface area contributed by atoms with Crippen molar-refractivity contribution >= 4 is 156 Å². The number of aromatic nitrogens is 14. The predicted molar refractivity (Wildman–Crippen MR) is 303 cm³/mol. The van der Waals surface area contributed by atoms with Crippen LogP contribution in [0.25, 0.3) is 56.8 Å². The number of pyridine rings is 6. The summed E-state index contributed by atoms with van der Waals surface area (Å²) in [4.78, 5) is 88.4. The largest absolute Gasteiger partial charge is 0.396 e. The third kappa shape index (κ3) is 20.0. The number of anilines is 3. The monoisotopic (exact) mass is 1290 g/mol. The van der Waals surface area contributed by atoms with Crippen LogP contribution in [0, 0.1) is 10.1 Å². The highest BCUT2D eigenvalue weighted by molar-refractivity contribution is 9.11. The summed E-state index contributed by atoms with van der Waals surface area (Å²) in [5, 5.41) is 10.2. The molecule has 0 atom stereocenters. The Kier molecular flexibility index (Phi) is 24.9. The molecule has 0 saturated heterocycles. The molecule has 0 saturated carbocycles. The molecule has 8 N–H and O–H groups in total. The molecule has 392 valence electrons. The molecule has 0 fully saturated rings. The van der Waals surface area contributed by atoms with Gasteiger partial charge in [-0.2, -0.15) is 19.2 Å². The number of nitrogens with zero attached hydrogens (tertiary/aromatic N) is 13. The maximum Gasteiger partial charge on any atom is 0.373 e. The van der Waals surface area contributed by atoms with Crippen molar-refractivity contribution in [2.45, 2.75) is 6.42 Å². The van der Waals surface area contributed by atoms with Crippen LogP contribution in [-0.2, 0) is 39.7 Å². The minimum atomic E-state index is -0.576. The van der Waals surface area contributed by atoms with Gasteiger partial charge in [-0.05, 0) is 117 Å². The van der Waals surface area contributed by atoms with E-state index in [1.165, 1.54) is 17.8 Å². The summed E-state index contributed by atoms with van der Waals surface area (Å²) in [5.74, 6) is 0.302. The van der Waals surface area contributed by atoms with Crippen molar-refractivity contribution in [2.75, 3.05) is 17.2 Å². The quantitative estimate of drug-likeness (QED) is 0.0790. The van der Waals surface area contributed by atoms with E-state index in [0.29, 0.717) is 16.0 Å². The number of aromatic amines is 2. The Balaban J connectivity index is 0.000000199. The van der Waals surface area contributed by atoms with Gasteiger partial charge in [0, 0.05) is 75.2 Å². The molecule has 11 rings (SSSR count). The number of carbonyl (C=O) groups excluding carboxylic acids is 4. The third-order valence-corrected chi connectivity index (χ3v) is 11.1. The van der Waals surface area contributed by atoms with Crippen molar-refractivity contribution in [3.63, 3.8) is 0 Å². The fourth-order valence-corrected chi connectivity index (χ4v) is 7.18. The summed E-state index contributed by atoms with van der Waals surface area (Å²) >= 11 is 12.9. The van der Waals surface area contributed by atoms with E-state index in [1.54, 1.807) is 62.2 Å². The number of hydrogen-bond acceptors (Lipinski definition) is 19. The van der Waals surface area contributed by atoms with Crippen molar-refractivity contribution in [3.8, 4) is 0 Å². The van der Waals surface area contributed by atoms with Gasteiger partial charge in [-0.15, -0.1) is 0 Å². The molecule has 0 amide bonds. The van der Waals surface area contributed by atoms with E-state index >= 15 is 0 Å². The number of hydrogen-bond donors (Lipinski definition) is 5. The standard InChI is InChI=1S/C16H15N3.C8H7N3.C7H6BrN3.C6H4BrN3.C5H4BrN3O2.C5H6BrN3.2CO2/c1-19-12-18-16-15(19)10-14(11-17-16)9-5-8-13-6-3-2-4-7-13;1-2-6-3-7-8(9-4-6)11-5-10-7;1-11-4-10-7-6(11)2-5(8)3-9-7;7-4-1-5-6(8-2-4)10-3-9-5;6-3-1-4(9(10)11)5(7)8-2-3;6-3-1-4(7)5(8)9-2-3;2*2-1-3/h2-7,9-12H,8H2,1H3;2-5H,1H2,(H,9,10,11);2-4H,1H3;1-3H,(H,8,9,10);1-2H,(H2,7,8);1-2H,7H2,(H2,8,9);;/b9-5+;;;;;;;. The molecular weight excluding hydrogens is 1260 g/mol. The maximum absolute atomic E-state index is 10.2. The average Bonchev–Trinajstić information content (AvgIpc) is 4.25. The number of H-pyrrole nitrogens is 2. The van der Waals surface area contributed by atoms with Crippen molar-refractivity contribution in [2.24, 2.45) is 14.1 Å². The zero-order valence-corrected chi connectivity index (χ0v) is 46.6. The molecule has 10 heterocycles. The molecule has 24 nitrogen and oxygen atoms in total. The molecule has 10 aromatic heterocycles. The van der Waals surface area contributed by atoms with Gasteiger partial charge >= 0.3 is 18.0 Å². The van der Waals surface area contributed by atoms with Crippen LogP contribution in [0.2, 0.25) is 0 Å². The van der Waals surface area contributed by atoms with E-state index in [4.69, 9.17) is 36.4 Å². The van der Waals surface area contributed by atoms with E-state index in [1.807, 2.05) is 53.7 Å². The van der Waals surface area contributed by atoms with Gasteiger partial charge in [0.2, 0.25) is 5.82 Å². The van der Waals surface area contributed by atoms with Crippen LogP contribution in [0.1, 0.15) is 16.7 Å². The van der Waals surface area contributed by atoms with Crippen molar-refractivity contribution < 1.29 is 24.1 Å². The number of rotatable bonds is 5. The Morgan fingerprint density at radius 3 is 1.61 bits per heavy atom. The molecule has 11 aromatic rings. The van der Waals surface area contributed by atoms with E-state index in [-0.39, 0.29) is 23.8 Å². The van der Waals surface area contributed by atoms with Gasteiger partial charge in [-0.25, -0.2) is 49.8 Å². The number of halogens is 4. The van der Waals surface area contributed by atoms with Crippen molar-refractivity contribution in [1.29, 1.82) is 0 Å². The predicted octanol–water partition coefficient (Wildman–Crippen LogP) is 9.45. The normalized spacial score (nSPS) is 9.84. The Morgan fingerprint density at radius 2 is 1.06 bits per heavy atom. The summed E-state index contributed by atoms with van der Waals surface area (Å²) < 4.78 is 7.25. The van der Waals surface area contributed by atoms with Gasteiger partial charge in [-0.1, -0.05) is 55.1 Å².